The molecule has 0 aliphatic heterocycles. The van der Waals surface area contributed by atoms with Crippen LogP contribution in [0, 0.1) is 5.82 Å². The molecule has 1 heterocycles. The highest BCUT2D eigenvalue weighted by Crippen LogP contribution is 2.16. The molecule has 0 aromatic carbocycles. The smallest absolute Gasteiger partial charge is 0.216 e. The summed E-state index contributed by atoms with van der Waals surface area (Å²) in [7, 11) is 0. The average Bonchev–Trinajstić information content (AvgIpc) is 2.20. The number of hydrogen-bond donors (Lipinski definition) is 0. The van der Waals surface area contributed by atoms with Gasteiger partial charge in [-0.25, -0.2) is 4.39 Å². The fraction of sp³-hybridized carbons (Fsp3) is 0.125. The predicted molar refractivity (Wildman–Crippen MR) is 49.6 cm³/mol. The van der Waals surface area contributed by atoms with Crippen molar-refractivity contribution in [2.45, 2.75) is 6.54 Å². The monoisotopic (exact) mass is 260 g/mol. The van der Waals surface area contributed by atoms with E-state index in [1.165, 1.54) is 12.3 Å². The maximum absolute atomic E-state index is 13.3. The summed E-state index contributed by atoms with van der Waals surface area (Å²) in [5.74, 6) is -0.568. The van der Waals surface area contributed by atoms with Gasteiger partial charge in [0.1, 0.15) is 0 Å². The van der Waals surface area contributed by atoms with Crippen LogP contribution in [0.5, 0.6) is 0 Å². The summed E-state index contributed by atoms with van der Waals surface area (Å²) < 4.78 is 13.5. The van der Waals surface area contributed by atoms with Crippen LogP contribution < -0.4 is 0 Å². The predicted octanol–water partition coefficient (Wildman–Crippen LogP) is 1.10. The molecule has 14 heavy (non-hydrogen) atoms. The van der Waals surface area contributed by atoms with Crippen molar-refractivity contribution in [1.29, 1.82) is 0 Å². The Morgan fingerprint density at radius 1 is 1.50 bits per heavy atom. The Kier molecular flexibility index (Phi) is 3.70. The molecule has 0 saturated heterocycles. The Morgan fingerprint density at radius 3 is 2.71 bits per heavy atom. The molecule has 1 aromatic heterocycles. The minimum atomic E-state index is -0.568. The summed E-state index contributed by atoms with van der Waals surface area (Å²) in [5, 5.41) is 0. The van der Waals surface area contributed by atoms with Gasteiger partial charge in [-0.2, -0.15) is 0 Å². The van der Waals surface area contributed by atoms with Gasteiger partial charge in [-0.1, -0.05) is 0 Å². The number of hydrogen-bond acceptors (Lipinski definition) is 3. The van der Waals surface area contributed by atoms with Crippen molar-refractivity contribution in [2.75, 3.05) is 0 Å². The van der Waals surface area contributed by atoms with E-state index in [1.807, 2.05) is 0 Å². The molecular weight excluding hydrogens is 255 g/mol. The van der Waals surface area contributed by atoms with Crippen LogP contribution >= 0.6 is 15.9 Å². The van der Waals surface area contributed by atoms with E-state index in [4.69, 9.17) is 0 Å². The Balaban J connectivity index is 2.91. The number of nitrogens with zero attached hydrogens (tertiary/aromatic N) is 2. The Hall–Kier alpha value is -1.30. The van der Waals surface area contributed by atoms with Crippen LogP contribution in [0.2, 0.25) is 0 Å². The van der Waals surface area contributed by atoms with Crippen molar-refractivity contribution >= 4 is 28.8 Å². The first-order valence-corrected chi connectivity index (χ1v) is 4.43. The zero-order chi connectivity index (χ0) is 10.6. The van der Waals surface area contributed by atoms with E-state index in [1.54, 1.807) is 0 Å². The third-order valence-electron chi connectivity index (χ3n) is 1.52. The first-order chi connectivity index (χ1) is 6.69. The van der Waals surface area contributed by atoms with Crippen LogP contribution in [0.25, 0.3) is 0 Å². The highest BCUT2D eigenvalue weighted by atomic mass is 79.9. The summed E-state index contributed by atoms with van der Waals surface area (Å²) in [6, 6.07) is 1.44. The van der Waals surface area contributed by atoms with Gasteiger partial charge in [-0.05, 0) is 22.0 Å². The standard InChI is InChI=1S/C8H6BrFN2O2/c9-6-1-2-11-7(8(6)10)3-12(4-13)5-14/h1-2,4-5H,3H2. The summed E-state index contributed by atoms with van der Waals surface area (Å²) in [6.45, 7) is -0.168. The number of halogens is 2. The Labute approximate surface area is 87.9 Å². The molecule has 6 heteroatoms. The average molecular weight is 261 g/mol. The highest BCUT2D eigenvalue weighted by Gasteiger charge is 2.10. The molecule has 4 nitrogen and oxygen atoms in total. The van der Waals surface area contributed by atoms with Gasteiger partial charge in [0, 0.05) is 6.20 Å². The van der Waals surface area contributed by atoms with Crippen LogP contribution in [0.15, 0.2) is 16.7 Å². The number of carbonyl (C=O) groups excluding carboxylic acids is 2. The lowest BCUT2D eigenvalue weighted by Gasteiger charge is -2.08. The lowest BCUT2D eigenvalue weighted by Crippen LogP contribution is -2.20. The summed E-state index contributed by atoms with van der Waals surface area (Å²) >= 11 is 2.97. The van der Waals surface area contributed by atoms with Gasteiger partial charge in [0.05, 0.1) is 16.7 Å². The Morgan fingerprint density at radius 2 is 2.14 bits per heavy atom. The van der Waals surface area contributed by atoms with Crippen LogP contribution in [-0.4, -0.2) is 22.7 Å². The molecule has 0 radical (unpaired) electrons. The van der Waals surface area contributed by atoms with Crippen LogP contribution in [0.4, 0.5) is 4.39 Å². The molecular formula is C8H6BrFN2O2. The maximum Gasteiger partial charge on any atom is 0.216 e. The summed E-state index contributed by atoms with van der Waals surface area (Å²) in [6.07, 6.45) is 2.01. The van der Waals surface area contributed by atoms with Crippen molar-refractivity contribution in [3.8, 4) is 0 Å². The fourth-order valence-corrected chi connectivity index (χ4v) is 1.19. The summed E-state index contributed by atoms with van der Waals surface area (Å²) in [5.41, 5.74) is 0.0403. The lowest BCUT2D eigenvalue weighted by atomic mass is 10.3. The number of rotatable bonds is 4. The van der Waals surface area contributed by atoms with Crippen molar-refractivity contribution < 1.29 is 14.0 Å². The third-order valence-corrected chi connectivity index (χ3v) is 2.13. The van der Waals surface area contributed by atoms with Crippen LogP contribution in [0.1, 0.15) is 5.69 Å². The van der Waals surface area contributed by atoms with Crippen molar-refractivity contribution in [3.05, 3.63) is 28.2 Å². The van der Waals surface area contributed by atoms with E-state index in [9.17, 15) is 14.0 Å². The molecule has 0 aliphatic rings. The SMILES string of the molecule is O=CN(C=O)Cc1nccc(Br)c1F. The normalized spacial score (nSPS) is 9.57. The number of carbonyl (C=O) groups is 2. The van der Waals surface area contributed by atoms with E-state index in [0.717, 1.165) is 4.90 Å². The van der Waals surface area contributed by atoms with Crippen molar-refractivity contribution in [1.82, 2.24) is 9.88 Å². The van der Waals surface area contributed by atoms with Gasteiger partial charge in [0.25, 0.3) is 0 Å². The largest absolute Gasteiger partial charge is 0.282 e. The molecule has 0 bridgehead atoms. The molecule has 1 rings (SSSR count). The topological polar surface area (TPSA) is 50.3 Å². The van der Waals surface area contributed by atoms with E-state index in [-0.39, 0.29) is 16.7 Å². The third kappa shape index (κ3) is 2.35. The molecule has 0 N–H and O–H groups in total. The second-order valence-electron chi connectivity index (χ2n) is 2.44. The van der Waals surface area contributed by atoms with Gasteiger partial charge >= 0.3 is 0 Å². The second kappa shape index (κ2) is 4.80. The van der Waals surface area contributed by atoms with Crippen molar-refractivity contribution in [3.63, 3.8) is 0 Å². The number of pyridine rings is 1. The van der Waals surface area contributed by atoms with E-state index >= 15 is 0 Å². The van der Waals surface area contributed by atoms with Gasteiger partial charge in [0.15, 0.2) is 5.82 Å². The number of imide groups is 1. The number of aromatic nitrogens is 1. The quantitative estimate of drug-likeness (QED) is 0.762. The molecule has 0 fully saturated rings. The van der Waals surface area contributed by atoms with Crippen LogP contribution in [0.3, 0.4) is 0 Å². The first-order valence-electron chi connectivity index (χ1n) is 3.64. The minimum Gasteiger partial charge on any atom is -0.282 e. The minimum absolute atomic E-state index is 0.0403. The molecule has 74 valence electrons. The molecule has 0 unspecified atom stereocenters. The molecule has 1 aromatic rings. The molecule has 0 spiro atoms. The zero-order valence-electron chi connectivity index (χ0n) is 6.98. The van der Waals surface area contributed by atoms with Gasteiger partial charge in [0.2, 0.25) is 12.8 Å². The molecule has 0 aliphatic carbocycles. The van der Waals surface area contributed by atoms with E-state index in [2.05, 4.69) is 20.9 Å². The summed E-state index contributed by atoms with van der Waals surface area (Å²) in [4.78, 5) is 25.0. The van der Waals surface area contributed by atoms with Crippen molar-refractivity contribution in [2.24, 2.45) is 0 Å². The molecule has 2 amide bonds. The Bertz CT molecular complexity index is 351. The maximum atomic E-state index is 13.3. The van der Waals surface area contributed by atoms with E-state index in [0.29, 0.717) is 12.8 Å². The zero-order valence-corrected chi connectivity index (χ0v) is 8.57. The van der Waals surface area contributed by atoms with Gasteiger partial charge in [-0.15, -0.1) is 0 Å². The first kappa shape index (κ1) is 10.8. The highest BCUT2D eigenvalue weighted by molar-refractivity contribution is 9.10. The second-order valence-corrected chi connectivity index (χ2v) is 3.29. The van der Waals surface area contributed by atoms with Gasteiger partial charge < -0.3 is 0 Å². The molecule has 0 atom stereocenters. The number of amides is 2. The molecule has 0 saturated carbocycles. The van der Waals surface area contributed by atoms with E-state index < -0.39 is 5.82 Å². The van der Waals surface area contributed by atoms with Crippen LogP contribution in [-0.2, 0) is 16.1 Å². The lowest BCUT2D eigenvalue weighted by molar-refractivity contribution is -0.130. The fourth-order valence-electron chi connectivity index (χ4n) is 0.843. The van der Waals surface area contributed by atoms with Gasteiger partial charge in [-0.3, -0.25) is 19.5 Å².